The predicted molar refractivity (Wildman–Crippen MR) is 69.6 cm³/mol. The van der Waals surface area contributed by atoms with E-state index in [4.69, 9.17) is 4.74 Å². The zero-order valence-electron chi connectivity index (χ0n) is 11.5. The van der Waals surface area contributed by atoms with Crippen LogP contribution in [0.25, 0.3) is 11.3 Å². The van der Waals surface area contributed by atoms with Gasteiger partial charge in [0.25, 0.3) is 0 Å². The first-order valence-corrected chi connectivity index (χ1v) is 6.14. The predicted octanol–water partition coefficient (Wildman–Crippen LogP) is 3.68. The molecule has 0 saturated carbocycles. The topological polar surface area (TPSA) is 27.1 Å². The Hall–Kier alpha value is -1.98. The molecule has 0 aliphatic heterocycles. The number of halogens is 3. The van der Waals surface area contributed by atoms with Crippen molar-refractivity contribution in [1.82, 2.24) is 9.55 Å². The Bertz CT molecular complexity index is 617. The van der Waals surface area contributed by atoms with E-state index in [1.165, 1.54) is 20.4 Å². The zero-order chi connectivity index (χ0) is 14.9. The summed E-state index contributed by atoms with van der Waals surface area (Å²) in [4.78, 5) is 3.67. The smallest absolute Gasteiger partial charge is 0.449 e. The van der Waals surface area contributed by atoms with E-state index in [0.29, 0.717) is 11.3 Å². The van der Waals surface area contributed by atoms with Gasteiger partial charge in [0.1, 0.15) is 5.75 Å². The van der Waals surface area contributed by atoms with Crippen LogP contribution in [0.15, 0.2) is 24.4 Å². The number of benzene rings is 1. The molecule has 0 aliphatic carbocycles. The van der Waals surface area contributed by atoms with Crippen LogP contribution in [0.4, 0.5) is 13.2 Å². The van der Waals surface area contributed by atoms with Gasteiger partial charge in [-0.25, -0.2) is 4.98 Å². The number of nitrogens with zero attached hydrogens (tertiary/aromatic N) is 2. The average molecular weight is 284 g/mol. The van der Waals surface area contributed by atoms with Crippen LogP contribution in [0.2, 0.25) is 0 Å². The number of hydrogen-bond acceptors (Lipinski definition) is 2. The molecule has 1 aromatic carbocycles. The summed E-state index contributed by atoms with van der Waals surface area (Å²) in [5.41, 5.74) is 1.85. The number of hydrogen-bond donors (Lipinski definition) is 0. The fraction of sp³-hybridized carbons (Fsp3) is 0.357. The maximum Gasteiger partial charge on any atom is 0.449 e. The fourth-order valence-electron chi connectivity index (χ4n) is 2.03. The molecule has 6 heteroatoms. The third-order valence-corrected chi connectivity index (χ3v) is 3.08. The summed E-state index contributed by atoms with van der Waals surface area (Å²) < 4.78 is 44.5. The van der Waals surface area contributed by atoms with Gasteiger partial charge in [0.05, 0.1) is 12.8 Å². The van der Waals surface area contributed by atoms with Crippen molar-refractivity contribution in [3.05, 3.63) is 35.8 Å². The van der Waals surface area contributed by atoms with E-state index in [1.54, 1.807) is 6.07 Å². The molecule has 108 valence electrons. The van der Waals surface area contributed by atoms with Gasteiger partial charge in [-0.05, 0) is 24.1 Å². The Morgan fingerprint density at radius 1 is 1.30 bits per heavy atom. The molecule has 1 aromatic heterocycles. The van der Waals surface area contributed by atoms with E-state index in [0.717, 1.165) is 16.6 Å². The molecule has 1 heterocycles. The summed E-state index contributed by atoms with van der Waals surface area (Å²) in [5.74, 6) is -0.398. The van der Waals surface area contributed by atoms with Crippen molar-refractivity contribution >= 4 is 0 Å². The van der Waals surface area contributed by atoms with Gasteiger partial charge < -0.3 is 9.30 Å². The first-order chi connectivity index (χ1) is 9.36. The number of alkyl halides is 3. The minimum absolute atomic E-state index is 0.249. The summed E-state index contributed by atoms with van der Waals surface area (Å²) >= 11 is 0. The molecular formula is C14H15F3N2O. The Labute approximate surface area is 115 Å². The summed E-state index contributed by atoms with van der Waals surface area (Å²) in [6.45, 7) is 2.00. The largest absolute Gasteiger partial charge is 0.496 e. The molecule has 0 atom stereocenters. The molecule has 2 rings (SSSR count). The van der Waals surface area contributed by atoms with Crippen LogP contribution in [0.1, 0.15) is 18.3 Å². The summed E-state index contributed by atoms with van der Waals surface area (Å²) in [5, 5.41) is 0. The maximum absolute atomic E-state index is 12.8. The minimum atomic E-state index is -4.47. The van der Waals surface area contributed by atoms with Gasteiger partial charge in [0, 0.05) is 18.8 Å². The molecule has 0 saturated heterocycles. The summed E-state index contributed by atoms with van der Waals surface area (Å²) in [6, 6.07) is 5.41. The number of imidazole rings is 1. The van der Waals surface area contributed by atoms with Crippen molar-refractivity contribution in [3.8, 4) is 17.0 Å². The molecule has 0 N–H and O–H groups in total. The molecule has 0 unspecified atom stereocenters. The van der Waals surface area contributed by atoms with E-state index >= 15 is 0 Å². The molecule has 20 heavy (non-hydrogen) atoms. The second-order valence-electron chi connectivity index (χ2n) is 4.45. The molecule has 0 amide bonds. The highest BCUT2D eigenvalue weighted by molar-refractivity contribution is 5.67. The van der Waals surface area contributed by atoms with Gasteiger partial charge in [-0.15, -0.1) is 0 Å². The Morgan fingerprint density at radius 2 is 2.00 bits per heavy atom. The lowest BCUT2D eigenvalue weighted by Gasteiger charge is -2.08. The highest BCUT2D eigenvalue weighted by Crippen LogP contribution is 2.34. The molecular weight excluding hydrogens is 269 g/mol. The number of rotatable bonds is 3. The van der Waals surface area contributed by atoms with Gasteiger partial charge >= 0.3 is 6.18 Å². The highest BCUT2D eigenvalue weighted by atomic mass is 19.4. The van der Waals surface area contributed by atoms with Crippen molar-refractivity contribution in [2.24, 2.45) is 7.05 Å². The minimum Gasteiger partial charge on any atom is -0.496 e. The standard InChI is InChI=1S/C14H15F3N2O/c1-4-9-5-6-10(12(7-9)20-3)11-8-19(2)13(18-11)14(15,16)17/h5-8H,4H2,1-3H3. The van der Waals surface area contributed by atoms with Crippen molar-refractivity contribution in [2.45, 2.75) is 19.5 Å². The van der Waals surface area contributed by atoms with Crippen molar-refractivity contribution in [3.63, 3.8) is 0 Å². The number of ether oxygens (including phenoxy) is 1. The lowest BCUT2D eigenvalue weighted by atomic mass is 10.1. The monoisotopic (exact) mass is 284 g/mol. The molecule has 2 aromatic rings. The van der Waals surface area contributed by atoms with Crippen molar-refractivity contribution in [1.29, 1.82) is 0 Å². The number of aryl methyl sites for hydroxylation is 2. The van der Waals surface area contributed by atoms with E-state index in [2.05, 4.69) is 4.98 Å². The average Bonchev–Trinajstić information content (AvgIpc) is 2.79. The van der Waals surface area contributed by atoms with Gasteiger partial charge in [-0.1, -0.05) is 13.0 Å². The summed E-state index contributed by atoms with van der Waals surface area (Å²) in [6.07, 6.45) is -2.29. The molecule has 0 radical (unpaired) electrons. The fourth-order valence-corrected chi connectivity index (χ4v) is 2.03. The molecule has 0 fully saturated rings. The van der Waals surface area contributed by atoms with Crippen LogP contribution >= 0.6 is 0 Å². The highest BCUT2D eigenvalue weighted by Gasteiger charge is 2.36. The SMILES string of the molecule is CCc1ccc(-c2cn(C)c(C(F)(F)F)n2)c(OC)c1. The Balaban J connectivity index is 2.52. The quantitative estimate of drug-likeness (QED) is 0.859. The maximum atomic E-state index is 12.8. The Kier molecular flexibility index (Phi) is 3.74. The third-order valence-electron chi connectivity index (χ3n) is 3.08. The molecule has 0 spiro atoms. The molecule has 0 aliphatic rings. The van der Waals surface area contributed by atoms with Crippen LogP contribution in [0, 0.1) is 0 Å². The normalized spacial score (nSPS) is 11.7. The summed E-state index contributed by atoms with van der Waals surface area (Å²) in [7, 11) is 2.82. The number of methoxy groups -OCH3 is 1. The van der Waals surface area contributed by atoms with Crippen LogP contribution < -0.4 is 4.74 Å². The van der Waals surface area contributed by atoms with Gasteiger partial charge in [-0.3, -0.25) is 0 Å². The molecule has 0 bridgehead atoms. The van der Waals surface area contributed by atoms with E-state index in [-0.39, 0.29) is 5.69 Å². The number of aromatic nitrogens is 2. The lowest BCUT2D eigenvalue weighted by Crippen LogP contribution is -2.12. The van der Waals surface area contributed by atoms with Gasteiger partial charge in [0.2, 0.25) is 5.82 Å². The van der Waals surface area contributed by atoms with E-state index < -0.39 is 12.0 Å². The first kappa shape index (κ1) is 14.4. The van der Waals surface area contributed by atoms with Crippen molar-refractivity contribution in [2.75, 3.05) is 7.11 Å². The van der Waals surface area contributed by atoms with Crippen LogP contribution in [0.3, 0.4) is 0 Å². The molecule has 3 nitrogen and oxygen atoms in total. The van der Waals surface area contributed by atoms with Crippen molar-refractivity contribution < 1.29 is 17.9 Å². The van der Waals surface area contributed by atoms with E-state index in [1.807, 2.05) is 19.1 Å². The van der Waals surface area contributed by atoms with Crippen LogP contribution in [0.5, 0.6) is 5.75 Å². The zero-order valence-corrected chi connectivity index (χ0v) is 11.5. The van der Waals surface area contributed by atoms with Crippen LogP contribution in [-0.4, -0.2) is 16.7 Å². The lowest BCUT2D eigenvalue weighted by molar-refractivity contribution is -0.146. The first-order valence-electron chi connectivity index (χ1n) is 6.14. The van der Waals surface area contributed by atoms with E-state index in [9.17, 15) is 13.2 Å². The third kappa shape index (κ3) is 2.64. The van der Waals surface area contributed by atoms with Gasteiger partial charge in [-0.2, -0.15) is 13.2 Å². The van der Waals surface area contributed by atoms with Gasteiger partial charge in [0.15, 0.2) is 0 Å². The second kappa shape index (κ2) is 5.19. The second-order valence-corrected chi connectivity index (χ2v) is 4.45. The van der Waals surface area contributed by atoms with Crippen LogP contribution in [-0.2, 0) is 19.6 Å². The Morgan fingerprint density at radius 3 is 2.50 bits per heavy atom.